The van der Waals surface area contributed by atoms with Crippen LogP contribution in [0.4, 0.5) is 5.00 Å². The second-order valence-electron chi connectivity index (χ2n) is 8.29. The summed E-state index contributed by atoms with van der Waals surface area (Å²) in [4.78, 5) is 12.4. The molecule has 0 saturated carbocycles. The van der Waals surface area contributed by atoms with E-state index in [1.807, 2.05) is 11.3 Å². The van der Waals surface area contributed by atoms with E-state index in [1.54, 1.807) is 0 Å². The van der Waals surface area contributed by atoms with E-state index in [0.717, 1.165) is 38.7 Å². The number of piperidine rings is 1. The topological polar surface area (TPSA) is 46.1 Å². The number of thiophene rings is 1. The van der Waals surface area contributed by atoms with Gasteiger partial charge in [-0.15, -0.1) is 11.3 Å². The SMILES string of the molecule is CCNC(=NCC(C)CN1CCN(C)CC1)NC1CCN(c2cccs2)CC1. The minimum atomic E-state index is 0.516. The van der Waals surface area contributed by atoms with Crippen LogP contribution in [0, 0.1) is 5.92 Å². The zero-order valence-electron chi connectivity index (χ0n) is 17.9. The molecular weight excluding hydrogens is 368 g/mol. The lowest BCUT2D eigenvalue weighted by atomic mass is 10.1. The molecule has 1 atom stereocenters. The molecule has 0 amide bonds. The van der Waals surface area contributed by atoms with Crippen molar-refractivity contribution in [3.63, 3.8) is 0 Å². The highest BCUT2D eigenvalue weighted by Crippen LogP contribution is 2.24. The minimum absolute atomic E-state index is 0.516. The quantitative estimate of drug-likeness (QED) is 0.537. The first-order valence-electron chi connectivity index (χ1n) is 10.9. The molecule has 0 aliphatic carbocycles. The van der Waals surface area contributed by atoms with Gasteiger partial charge in [0.05, 0.1) is 5.00 Å². The number of hydrogen-bond donors (Lipinski definition) is 2. The average molecular weight is 407 g/mol. The second-order valence-corrected chi connectivity index (χ2v) is 9.21. The molecule has 28 heavy (non-hydrogen) atoms. The van der Waals surface area contributed by atoms with E-state index in [2.05, 4.69) is 63.7 Å². The monoisotopic (exact) mass is 406 g/mol. The van der Waals surface area contributed by atoms with Gasteiger partial charge < -0.3 is 25.3 Å². The van der Waals surface area contributed by atoms with Gasteiger partial charge in [0.1, 0.15) is 0 Å². The maximum Gasteiger partial charge on any atom is 0.191 e. The number of nitrogens with one attached hydrogen (secondary N) is 2. The van der Waals surface area contributed by atoms with Gasteiger partial charge in [0.15, 0.2) is 5.96 Å². The summed E-state index contributed by atoms with van der Waals surface area (Å²) in [7, 11) is 2.21. The Morgan fingerprint density at radius 3 is 2.61 bits per heavy atom. The van der Waals surface area contributed by atoms with Crippen LogP contribution >= 0.6 is 11.3 Å². The molecule has 1 aromatic heterocycles. The van der Waals surface area contributed by atoms with Crippen molar-refractivity contribution in [2.24, 2.45) is 10.9 Å². The molecule has 7 heteroatoms. The van der Waals surface area contributed by atoms with Crippen molar-refractivity contribution in [2.45, 2.75) is 32.7 Å². The van der Waals surface area contributed by atoms with Gasteiger partial charge in [-0.3, -0.25) is 4.99 Å². The molecule has 6 nitrogen and oxygen atoms in total. The number of piperazine rings is 1. The van der Waals surface area contributed by atoms with Crippen LogP contribution in [0.3, 0.4) is 0 Å². The average Bonchev–Trinajstić information content (AvgIpc) is 3.23. The molecule has 0 spiro atoms. The molecule has 1 aromatic rings. The van der Waals surface area contributed by atoms with Crippen LogP contribution in [0.5, 0.6) is 0 Å². The van der Waals surface area contributed by atoms with Crippen LogP contribution in [0.25, 0.3) is 0 Å². The Morgan fingerprint density at radius 2 is 1.96 bits per heavy atom. The highest BCUT2D eigenvalue weighted by Gasteiger charge is 2.21. The van der Waals surface area contributed by atoms with Gasteiger partial charge in [-0.2, -0.15) is 0 Å². The van der Waals surface area contributed by atoms with Crippen LogP contribution < -0.4 is 15.5 Å². The molecule has 0 aromatic carbocycles. The first-order chi connectivity index (χ1) is 13.6. The highest BCUT2D eigenvalue weighted by molar-refractivity contribution is 7.14. The summed E-state index contributed by atoms with van der Waals surface area (Å²) in [5.41, 5.74) is 0. The van der Waals surface area contributed by atoms with Crippen LogP contribution in [-0.4, -0.2) is 87.8 Å². The molecule has 158 valence electrons. The largest absolute Gasteiger partial charge is 0.363 e. The number of nitrogens with zero attached hydrogens (tertiary/aromatic N) is 4. The van der Waals surface area contributed by atoms with E-state index in [1.165, 1.54) is 44.0 Å². The summed E-state index contributed by atoms with van der Waals surface area (Å²) in [5, 5.41) is 10.7. The summed E-state index contributed by atoms with van der Waals surface area (Å²) < 4.78 is 0. The number of aliphatic imine (C=N–C) groups is 1. The Hall–Kier alpha value is -1.31. The van der Waals surface area contributed by atoms with Crippen molar-refractivity contribution >= 4 is 22.3 Å². The molecule has 3 rings (SSSR count). The number of guanidine groups is 1. The molecule has 2 fully saturated rings. The van der Waals surface area contributed by atoms with Crippen LogP contribution in [0.15, 0.2) is 22.5 Å². The lowest BCUT2D eigenvalue weighted by molar-refractivity contribution is 0.140. The van der Waals surface area contributed by atoms with Crippen molar-refractivity contribution in [1.82, 2.24) is 20.4 Å². The van der Waals surface area contributed by atoms with Gasteiger partial charge in [0, 0.05) is 64.9 Å². The third-order valence-electron chi connectivity index (χ3n) is 5.72. The molecule has 2 N–H and O–H groups in total. The van der Waals surface area contributed by atoms with Crippen LogP contribution in [0.1, 0.15) is 26.7 Å². The summed E-state index contributed by atoms with van der Waals surface area (Å²) in [6, 6.07) is 4.89. The maximum atomic E-state index is 4.90. The van der Waals surface area contributed by atoms with Gasteiger partial charge in [0.2, 0.25) is 0 Å². The fourth-order valence-corrected chi connectivity index (χ4v) is 4.77. The van der Waals surface area contributed by atoms with Crippen molar-refractivity contribution in [3.8, 4) is 0 Å². The number of hydrogen-bond acceptors (Lipinski definition) is 5. The van der Waals surface area contributed by atoms with Crippen molar-refractivity contribution in [3.05, 3.63) is 17.5 Å². The van der Waals surface area contributed by atoms with Gasteiger partial charge in [-0.25, -0.2) is 0 Å². The van der Waals surface area contributed by atoms with E-state index in [-0.39, 0.29) is 0 Å². The fourth-order valence-electron chi connectivity index (χ4n) is 3.98. The Balaban J connectivity index is 1.42. The molecule has 3 heterocycles. The van der Waals surface area contributed by atoms with Crippen molar-refractivity contribution in [1.29, 1.82) is 0 Å². The Kier molecular flexibility index (Phi) is 8.43. The second kappa shape index (κ2) is 11.0. The fraction of sp³-hybridized carbons (Fsp3) is 0.762. The first-order valence-corrected chi connectivity index (χ1v) is 11.8. The third kappa shape index (κ3) is 6.64. The van der Waals surface area contributed by atoms with Gasteiger partial charge in [0.25, 0.3) is 0 Å². The van der Waals surface area contributed by atoms with E-state index in [4.69, 9.17) is 4.99 Å². The summed E-state index contributed by atoms with van der Waals surface area (Å²) in [5.74, 6) is 1.57. The first kappa shape index (κ1) is 21.4. The van der Waals surface area contributed by atoms with Crippen molar-refractivity contribution < 1.29 is 0 Å². The Labute approximate surface area is 175 Å². The van der Waals surface area contributed by atoms with Crippen molar-refractivity contribution in [2.75, 3.05) is 70.9 Å². The molecule has 0 radical (unpaired) electrons. The summed E-state index contributed by atoms with van der Waals surface area (Å²) >= 11 is 1.84. The lowest BCUT2D eigenvalue weighted by Crippen LogP contribution is -2.49. The molecule has 0 bridgehead atoms. The summed E-state index contributed by atoms with van der Waals surface area (Å²) in [6.07, 6.45) is 2.33. The number of rotatable bonds is 7. The molecule has 2 aliphatic rings. The standard InChI is InChI=1S/C21H38N6S/c1-4-22-21(23-16-18(2)17-26-13-11-25(3)12-14-26)24-19-7-9-27(10-8-19)20-6-5-15-28-20/h5-6,15,18-19H,4,7-14,16-17H2,1-3H3,(H2,22,23,24). The van der Waals surface area contributed by atoms with E-state index >= 15 is 0 Å². The zero-order valence-corrected chi connectivity index (χ0v) is 18.7. The Bertz CT molecular complexity index is 574. The van der Waals surface area contributed by atoms with Crippen LogP contribution in [0.2, 0.25) is 0 Å². The predicted molar refractivity (Wildman–Crippen MR) is 122 cm³/mol. The molecule has 2 saturated heterocycles. The molecule has 1 unspecified atom stereocenters. The van der Waals surface area contributed by atoms with Crippen LogP contribution in [-0.2, 0) is 0 Å². The summed E-state index contributed by atoms with van der Waals surface area (Å²) in [6.45, 7) is 14.4. The van der Waals surface area contributed by atoms with Gasteiger partial charge in [-0.1, -0.05) is 6.92 Å². The predicted octanol–water partition coefficient (Wildman–Crippen LogP) is 2.16. The third-order valence-corrected chi connectivity index (χ3v) is 6.65. The number of likely N-dealkylation sites (N-methyl/N-ethyl adjacent to an activating group) is 1. The Morgan fingerprint density at radius 1 is 1.21 bits per heavy atom. The van der Waals surface area contributed by atoms with Gasteiger partial charge >= 0.3 is 0 Å². The smallest absolute Gasteiger partial charge is 0.191 e. The lowest BCUT2D eigenvalue weighted by Gasteiger charge is -2.34. The van der Waals surface area contributed by atoms with E-state index in [0.29, 0.717) is 12.0 Å². The highest BCUT2D eigenvalue weighted by atomic mass is 32.1. The van der Waals surface area contributed by atoms with E-state index in [9.17, 15) is 0 Å². The molecule has 2 aliphatic heterocycles. The van der Waals surface area contributed by atoms with Gasteiger partial charge in [-0.05, 0) is 50.2 Å². The normalized spacial score (nSPS) is 21.7. The number of anilines is 1. The maximum absolute atomic E-state index is 4.90. The van der Waals surface area contributed by atoms with E-state index < -0.39 is 0 Å². The minimum Gasteiger partial charge on any atom is -0.363 e. The molecular formula is C21H38N6S. The zero-order chi connectivity index (χ0) is 19.8.